The van der Waals surface area contributed by atoms with Crippen LogP contribution >= 0.6 is 12.4 Å². The van der Waals surface area contributed by atoms with Gasteiger partial charge in [0.05, 0.1) is 6.61 Å². The minimum absolute atomic E-state index is 0. The molecule has 0 aromatic heterocycles. The highest BCUT2D eigenvalue weighted by Gasteiger charge is 2.49. The number of alkyl halides is 1. The van der Waals surface area contributed by atoms with Gasteiger partial charge in [-0.2, -0.15) is 0 Å². The van der Waals surface area contributed by atoms with Gasteiger partial charge in [0, 0.05) is 18.5 Å². The molecule has 0 aromatic carbocycles. The predicted molar refractivity (Wildman–Crippen MR) is 44.8 cm³/mol. The third-order valence-electron chi connectivity index (χ3n) is 2.44. The van der Waals surface area contributed by atoms with Crippen LogP contribution in [0.3, 0.4) is 0 Å². The summed E-state index contributed by atoms with van der Waals surface area (Å²) in [4.78, 5) is 0. The van der Waals surface area contributed by atoms with Crippen molar-refractivity contribution in [1.29, 1.82) is 0 Å². The second kappa shape index (κ2) is 3.25. The first-order chi connectivity index (χ1) is 4.52. The molecule has 1 aliphatic heterocycles. The normalized spacial score (nSPS) is 34.9. The van der Waals surface area contributed by atoms with E-state index in [2.05, 4.69) is 5.32 Å². The molecular formula is C7H15ClFNO. The highest BCUT2D eigenvalue weighted by Crippen LogP contribution is 2.37. The highest BCUT2D eigenvalue weighted by atomic mass is 35.5. The van der Waals surface area contributed by atoms with E-state index in [1.807, 2.05) is 13.8 Å². The second-order valence-corrected chi connectivity index (χ2v) is 3.61. The Labute approximate surface area is 72.6 Å². The van der Waals surface area contributed by atoms with E-state index < -0.39 is 11.1 Å². The van der Waals surface area contributed by atoms with Crippen molar-refractivity contribution in [1.82, 2.24) is 5.32 Å². The smallest absolute Gasteiger partial charge is 0.152 e. The number of nitrogens with one attached hydrogen (secondary N) is 1. The largest absolute Gasteiger partial charge is 0.393 e. The lowest BCUT2D eigenvalue weighted by molar-refractivity contribution is 0.00721. The van der Waals surface area contributed by atoms with Crippen LogP contribution in [0.4, 0.5) is 4.39 Å². The molecule has 1 heterocycles. The minimum Gasteiger partial charge on any atom is -0.393 e. The summed E-state index contributed by atoms with van der Waals surface area (Å²) in [6.45, 7) is 4.18. The number of rotatable bonds is 1. The fourth-order valence-corrected chi connectivity index (χ4v) is 1.24. The maximum atomic E-state index is 13.5. The number of hydrogen-bond acceptors (Lipinski definition) is 2. The first-order valence-electron chi connectivity index (χ1n) is 3.52. The lowest BCUT2D eigenvalue weighted by Crippen LogP contribution is -2.42. The van der Waals surface area contributed by atoms with Crippen molar-refractivity contribution in [2.24, 2.45) is 5.41 Å². The molecule has 11 heavy (non-hydrogen) atoms. The van der Waals surface area contributed by atoms with Crippen LogP contribution in [0.2, 0.25) is 0 Å². The van der Waals surface area contributed by atoms with E-state index in [-0.39, 0.29) is 25.6 Å². The van der Waals surface area contributed by atoms with E-state index in [0.29, 0.717) is 6.54 Å². The van der Waals surface area contributed by atoms with Gasteiger partial charge in [-0.1, -0.05) is 13.8 Å². The zero-order valence-electron chi connectivity index (χ0n) is 6.85. The maximum absolute atomic E-state index is 13.5. The fourth-order valence-electron chi connectivity index (χ4n) is 1.24. The first-order valence-corrected chi connectivity index (χ1v) is 3.52. The Morgan fingerprint density at radius 3 is 2.18 bits per heavy atom. The molecule has 1 rings (SSSR count). The first kappa shape index (κ1) is 11.1. The minimum atomic E-state index is -1.42. The number of aliphatic hydroxyl groups is 1. The average molecular weight is 184 g/mol. The van der Waals surface area contributed by atoms with E-state index in [1.54, 1.807) is 0 Å². The predicted octanol–water partition coefficient (Wildman–Crippen LogP) is 0.738. The molecule has 0 radical (unpaired) electrons. The van der Waals surface area contributed by atoms with E-state index in [0.717, 1.165) is 0 Å². The lowest BCUT2D eigenvalue weighted by atomic mass is 9.80. The van der Waals surface area contributed by atoms with E-state index in [1.165, 1.54) is 0 Å². The number of hydrogen-bond donors (Lipinski definition) is 2. The van der Waals surface area contributed by atoms with Gasteiger partial charge in [-0.25, -0.2) is 4.39 Å². The summed E-state index contributed by atoms with van der Waals surface area (Å²) in [6.07, 6.45) is 0. The van der Waals surface area contributed by atoms with Gasteiger partial charge in [-0.05, 0) is 0 Å². The van der Waals surface area contributed by atoms with Crippen LogP contribution in [0.5, 0.6) is 0 Å². The van der Waals surface area contributed by atoms with Gasteiger partial charge in [-0.15, -0.1) is 12.4 Å². The Balaban J connectivity index is 0.000001000. The molecule has 0 aromatic rings. The molecular weight excluding hydrogens is 169 g/mol. The molecule has 2 nitrogen and oxygen atoms in total. The van der Waals surface area contributed by atoms with Crippen LogP contribution in [0, 0.1) is 5.41 Å². The molecule has 1 atom stereocenters. The van der Waals surface area contributed by atoms with Crippen molar-refractivity contribution in [2.75, 3.05) is 19.7 Å². The molecule has 1 unspecified atom stereocenters. The third-order valence-corrected chi connectivity index (χ3v) is 2.44. The van der Waals surface area contributed by atoms with Gasteiger partial charge in [0.15, 0.2) is 5.67 Å². The molecule has 0 saturated carbocycles. The summed E-state index contributed by atoms with van der Waals surface area (Å²) >= 11 is 0. The Morgan fingerprint density at radius 2 is 2.00 bits per heavy atom. The van der Waals surface area contributed by atoms with Crippen molar-refractivity contribution in [3.63, 3.8) is 0 Å². The van der Waals surface area contributed by atoms with Crippen molar-refractivity contribution >= 4 is 12.4 Å². The molecule has 0 aliphatic carbocycles. The van der Waals surface area contributed by atoms with Crippen molar-refractivity contribution in [3.8, 4) is 0 Å². The van der Waals surface area contributed by atoms with Crippen LogP contribution in [0.1, 0.15) is 13.8 Å². The quantitative estimate of drug-likeness (QED) is 0.629. The Morgan fingerprint density at radius 1 is 1.45 bits per heavy atom. The molecule has 0 bridgehead atoms. The van der Waals surface area contributed by atoms with Gasteiger partial charge < -0.3 is 10.4 Å². The van der Waals surface area contributed by atoms with Crippen LogP contribution in [-0.4, -0.2) is 30.5 Å². The summed E-state index contributed by atoms with van der Waals surface area (Å²) in [7, 11) is 0. The maximum Gasteiger partial charge on any atom is 0.152 e. The Hall–Kier alpha value is 0.140. The van der Waals surface area contributed by atoms with Gasteiger partial charge >= 0.3 is 0 Å². The van der Waals surface area contributed by atoms with Crippen molar-refractivity contribution in [3.05, 3.63) is 0 Å². The zero-order chi connectivity index (χ0) is 7.83. The topological polar surface area (TPSA) is 32.3 Å². The van der Waals surface area contributed by atoms with Crippen LogP contribution in [0.15, 0.2) is 0 Å². The lowest BCUT2D eigenvalue weighted by Gasteiger charge is -2.30. The summed E-state index contributed by atoms with van der Waals surface area (Å²) in [6, 6.07) is 0. The molecule has 4 heteroatoms. The fraction of sp³-hybridized carbons (Fsp3) is 1.00. The summed E-state index contributed by atoms with van der Waals surface area (Å²) < 4.78 is 13.5. The monoisotopic (exact) mass is 183 g/mol. The standard InChI is InChI=1S/C7H14FNO.ClH/c1-6(2)3-9-4-7(6,8)5-10;/h9-10H,3-5H2,1-2H3;1H. The molecule has 1 saturated heterocycles. The summed E-state index contributed by atoms with van der Waals surface area (Å²) in [5.41, 5.74) is -1.85. The van der Waals surface area contributed by atoms with E-state index in [9.17, 15) is 4.39 Å². The number of aliphatic hydroxyl groups excluding tert-OH is 1. The van der Waals surface area contributed by atoms with Gasteiger partial charge in [-0.3, -0.25) is 0 Å². The van der Waals surface area contributed by atoms with Gasteiger partial charge in [0.2, 0.25) is 0 Å². The molecule has 1 aliphatic rings. The zero-order valence-corrected chi connectivity index (χ0v) is 7.67. The molecule has 1 fully saturated rings. The van der Waals surface area contributed by atoms with E-state index in [4.69, 9.17) is 5.11 Å². The second-order valence-electron chi connectivity index (χ2n) is 3.61. The van der Waals surface area contributed by atoms with Crippen molar-refractivity contribution < 1.29 is 9.50 Å². The third kappa shape index (κ3) is 1.66. The summed E-state index contributed by atoms with van der Waals surface area (Å²) in [5, 5.41) is 11.7. The van der Waals surface area contributed by atoms with E-state index >= 15 is 0 Å². The van der Waals surface area contributed by atoms with Gasteiger partial charge in [0.1, 0.15) is 0 Å². The Bertz CT molecular complexity index is 142. The Kier molecular flexibility index (Phi) is 3.29. The van der Waals surface area contributed by atoms with Crippen LogP contribution < -0.4 is 5.32 Å². The van der Waals surface area contributed by atoms with Gasteiger partial charge in [0.25, 0.3) is 0 Å². The molecule has 2 N–H and O–H groups in total. The van der Waals surface area contributed by atoms with Crippen LogP contribution in [-0.2, 0) is 0 Å². The number of halogens is 2. The molecule has 0 amide bonds. The molecule has 0 spiro atoms. The van der Waals surface area contributed by atoms with Crippen LogP contribution in [0.25, 0.3) is 0 Å². The van der Waals surface area contributed by atoms with Crippen molar-refractivity contribution in [2.45, 2.75) is 19.5 Å². The summed E-state index contributed by atoms with van der Waals surface area (Å²) in [5.74, 6) is 0. The molecule has 68 valence electrons. The highest BCUT2D eigenvalue weighted by molar-refractivity contribution is 5.85. The average Bonchev–Trinajstić information content (AvgIpc) is 2.10. The SMILES string of the molecule is CC1(C)CNCC1(F)CO.Cl.